The fourth-order valence-electron chi connectivity index (χ4n) is 2.95. The Morgan fingerprint density at radius 2 is 1.92 bits per heavy atom. The van der Waals surface area contributed by atoms with Crippen molar-refractivity contribution in [2.45, 2.75) is 12.5 Å². The van der Waals surface area contributed by atoms with Gasteiger partial charge in [-0.3, -0.25) is 19.5 Å². The van der Waals surface area contributed by atoms with Crippen molar-refractivity contribution in [3.05, 3.63) is 52.5 Å². The van der Waals surface area contributed by atoms with Crippen LogP contribution >= 0.6 is 23.2 Å². The molecular weight excluding hydrogens is 363 g/mol. The predicted octanol–water partition coefficient (Wildman–Crippen LogP) is 3.87. The molecule has 2 amide bonds. The lowest BCUT2D eigenvalue weighted by atomic mass is 10.1. The normalized spacial score (nSPS) is 16.4. The summed E-state index contributed by atoms with van der Waals surface area (Å²) in [6, 6.07) is 11.5. The van der Waals surface area contributed by atoms with Crippen LogP contribution in [0.3, 0.4) is 0 Å². The van der Waals surface area contributed by atoms with Gasteiger partial charge in [-0.15, -0.1) is 0 Å². The molecule has 1 atom stereocenters. The van der Waals surface area contributed by atoms with Gasteiger partial charge in [-0.2, -0.15) is 0 Å². The topological polar surface area (TPSA) is 76.0 Å². The van der Waals surface area contributed by atoms with E-state index in [-0.39, 0.29) is 18.2 Å². The maximum Gasteiger partial charge on any atom is 0.248 e. The lowest BCUT2D eigenvalue weighted by molar-refractivity contribution is -0.124. The minimum absolute atomic E-state index is 0.0213. The smallest absolute Gasteiger partial charge is 0.248 e. The average molecular weight is 375 g/mol. The van der Waals surface area contributed by atoms with Crippen LogP contribution in [-0.2, 0) is 9.59 Å². The molecule has 126 valence electrons. The molecule has 1 aliphatic rings. The molecule has 0 spiro atoms. The van der Waals surface area contributed by atoms with Crippen molar-refractivity contribution in [3.63, 3.8) is 0 Å². The monoisotopic (exact) mass is 374 g/mol. The minimum Gasteiger partial charge on any atom is -0.324 e. The zero-order chi connectivity index (χ0) is 17.6. The first kappa shape index (κ1) is 15.9. The highest BCUT2D eigenvalue weighted by Gasteiger charge is 2.32. The van der Waals surface area contributed by atoms with Gasteiger partial charge in [-0.25, -0.2) is 4.98 Å². The second kappa shape index (κ2) is 6.06. The first-order valence-electron chi connectivity index (χ1n) is 7.55. The van der Waals surface area contributed by atoms with Crippen LogP contribution in [0.5, 0.6) is 0 Å². The maximum atomic E-state index is 12.8. The SMILES string of the molecule is O=C1C[C@@H](C(=O)Nc2cc(Cl)cc(Cl)c2)n2c(nc3ccccc32)N1. The molecule has 0 fully saturated rings. The number of fused-ring (bicyclic) bond motifs is 3. The Labute approximate surface area is 152 Å². The zero-order valence-electron chi connectivity index (χ0n) is 12.8. The van der Waals surface area contributed by atoms with Gasteiger partial charge in [0.25, 0.3) is 0 Å². The van der Waals surface area contributed by atoms with Crippen molar-refractivity contribution in [1.29, 1.82) is 0 Å². The van der Waals surface area contributed by atoms with E-state index in [0.717, 1.165) is 5.52 Å². The molecule has 0 saturated carbocycles. The molecule has 2 aromatic carbocycles. The summed E-state index contributed by atoms with van der Waals surface area (Å²) < 4.78 is 1.73. The fraction of sp³-hybridized carbons (Fsp3) is 0.118. The van der Waals surface area contributed by atoms with Crippen LogP contribution in [0.2, 0.25) is 10.0 Å². The lowest BCUT2D eigenvalue weighted by Crippen LogP contribution is -2.35. The van der Waals surface area contributed by atoms with Gasteiger partial charge in [0.15, 0.2) is 0 Å². The van der Waals surface area contributed by atoms with Crippen molar-refractivity contribution in [2.75, 3.05) is 10.6 Å². The number of nitrogens with one attached hydrogen (secondary N) is 2. The lowest BCUT2D eigenvalue weighted by Gasteiger charge is -2.25. The molecule has 4 rings (SSSR count). The molecule has 2 heterocycles. The number of benzene rings is 2. The molecule has 2 N–H and O–H groups in total. The largest absolute Gasteiger partial charge is 0.324 e. The summed E-state index contributed by atoms with van der Waals surface area (Å²) in [5.74, 6) is -0.230. The summed E-state index contributed by atoms with van der Waals surface area (Å²) in [6.45, 7) is 0. The van der Waals surface area contributed by atoms with E-state index in [1.165, 1.54) is 0 Å². The quantitative estimate of drug-likeness (QED) is 0.714. The van der Waals surface area contributed by atoms with Crippen LogP contribution in [0.15, 0.2) is 42.5 Å². The molecule has 0 saturated heterocycles. The number of anilines is 2. The van der Waals surface area contributed by atoms with E-state index in [2.05, 4.69) is 15.6 Å². The molecule has 6 nitrogen and oxygen atoms in total. The van der Waals surface area contributed by atoms with Crippen LogP contribution < -0.4 is 10.6 Å². The van der Waals surface area contributed by atoms with E-state index < -0.39 is 6.04 Å². The van der Waals surface area contributed by atoms with Crippen molar-refractivity contribution >= 4 is 57.7 Å². The van der Waals surface area contributed by atoms with Gasteiger partial charge in [0.1, 0.15) is 6.04 Å². The number of para-hydroxylation sites is 2. The van der Waals surface area contributed by atoms with Crippen LogP contribution in [-0.4, -0.2) is 21.4 Å². The Bertz CT molecular complexity index is 995. The number of rotatable bonds is 2. The summed E-state index contributed by atoms with van der Waals surface area (Å²) in [6.07, 6.45) is 0.0213. The fourth-order valence-corrected chi connectivity index (χ4v) is 3.48. The van der Waals surface area contributed by atoms with E-state index in [1.54, 1.807) is 22.8 Å². The number of hydrogen-bond acceptors (Lipinski definition) is 3. The molecule has 0 aliphatic carbocycles. The number of aromatic nitrogens is 2. The molecule has 1 aliphatic heterocycles. The number of imidazole rings is 1. The van der Waals surface area contributed by atoms with Crippen molar-refractivity contribution in [3.8, 4) is 0 Å². The number of amides is 2. The van der Waals surface area contributed by atoms with E-state index in [0.29, 0.717) is 27.2 Å². The third kappa shape index (κ3) is 2.94. The van der Waals surface area contributed by atoms with Crippen LogP contribution in [0.1, 0.15) is 12.5 Å². The highest BCUT2D eigenvalue weighted by atomic mass is 35.5. The van der Waals surface area contributed by atoms with Gasteiger partial charge in [0.2, 0.25) is 17.8 Å². The number of nitrogens with zero attached hydrogens (tertiary/aromatic N) is 2. The van der Waals surface area contributed by atoms with E-state index in [9.17, 15) is 9.59 Å². The Morgan fingerprint density at radius 1 is 1.20 bits per heavy atom. The number of carbonyl (C=O) groups is 2. The average Bonchev–Trinajstić information content (AvgIpc) is 2.90. The summed E-state index contributed by atoms with van der Waals surface area (Å²) in [5, 5.41) is 6.31. The van der Waals surface area contributed by atoms with Crippen LogP contribution in [0.4, 0.5) is 11.6 Å². The minimum atomic E-state index is -0.714. The van der Waals surface area contributed by atoms with Crippen LogP contribution in [0.25, 0.3) is 11.0 Å². The highest BCUT2D eigenvalue weighted by Crippen LogP contribution is 2.31. The summed E-state index contributed by atoms with van der Waals surface area (Å²) in [7, 11) is 0. The van der Waals surface area contributed by atoms with Crippen molar-refractivity contribution in [2.24, 2.45) is 0 Å². The van der Waals surface area contributed by atoms with Crippen LogP contribution in [0, 0.1) is 0 Å². The van der Waals surface area contributed by atoms with E-state index in [1.807, 2.05) is 24.3 Å². The Hall–Kier alpha value is -2.57. The second-order valence-electron chi connectivity index (χ2n) is 5.71. The Kier molecular flexibility index (Phi) is 3.86. The maximum absolute atomic E-state index is 12.8. The van der Waals surface area contributed by atoms with Crippen molar-refractivity contribution in [1.82, 2.24) is 9.55 Å². The Morgan fingerprint density at radius 3 is 2.68 bits per heavy atom. The van der Waals surface area contributed by atoms with Gasteiger partial charge in [0.05, 0.1) is 17.5 Å². The number of halogens is 2. The number of carbonyl (C=O) groups excluding carboxylic acids is 2. The van der Waals surface area contributed by atoms with Gasteiger partial charge in [-0.1, -0.05) is 35.3 Å². The van der Waals surface area contributed by atoms with E-state index >= 15 is 0 Å². The van der Waals surface area contributed by atoms with Gasteiger partial charge >= 0.3 is 0 Å². The molecular formula is C17H12Cl2N4O2. The molecule has 0 bridgehead atoms. The molecule has 25 heavy (non-hydrogen) atoms. The molecule has 0 unspecified atom stereocenters. The second-order valence-corrected chi connectivity index (χ2v) is 6.58. The first-order chi connectivity index (χ1) is 12.0. The molecule has 3 aromatic rings. The van der Waals surface area contributed by atoms with Gasteiger partial charge in [0, 0.05) is 15.7 Å². The molecule has 1 aromatic heterocycles. The zero-order valence-corrected chi connectivity index (χ0v) is 14.3. The third-order valence-electron chi connectivity index (χ3n) is 3.97. The standard InChI is InChI=1S/C17H12Cl2N4O2/c18-9-5-10(19)7-11(6-9)20-16(25)14-8-15(24)22-17-21-12-3-1-2-4-13(12)23(14)17/h1-7,14H,8H2,(H,20,25)(H,21,22,24)/t14-/m0/s1. The summed E-state index contributed by atoms with van der Waals surface area (Å²) >= 11 is 11.9. The van der Waals surface area contributed by atoms with Crippen molar-refractivity contribution < 1.29 is 9.59 Å². The predicted molar refractivity (Wildman–Crippen MR) is 97.1 cm³/mol. The molecule has 0 radical (unpaired) electrons. The van der Waals surface area contributed by atoms with Gasteiger partial charge in [-0.05, 0) is 30.3 Å². The van der Waals surface area contributed by atoms with E-state index in [4.69, 9.17) is 23.2 Å². The molecule has 8 heteroatoms. The highest BCUT2D eigenvalue weighted by molar-refractivity contribution is 6.35. The van der Waals surface area contributed by atoms with Gasteiger partial charge < -0.3 is 5.32 Å². The Balaban J connectivity index is 1.73. The number of hydrogen-bond donors (Lipinski definition) is 2. The first-order valence-corrected chi connectivity index (χ1v) is 8.30. The third-order valence-corrected chi connectivity index (χ3v) is 4.41. The summed E-state index contributed by atoms with van der Waals surface area (Å²) in [4.78, 5) is 29.2. The summed E-state index contributed by atoms with van der Waals surface area (Å²) in [5.41, 5.74) is 1.96.